The fraction of sp³-hybridized carbons (Fsp3) is 0.500. The zero-order valence-electron chi connectivity index (χ0n) is 11.2. The number of halogens is 2. The molecule has 1 atom stereocenters. The van der Waals surface area contributed by atoms with Crippen LogP contribution in [-0.4, -0.2) is 17.8 Å². The molecule has 0 spiro atoms. The standard InChI is InChI=1S/C14H18F2N2S/c1-3-18-14(2,10-17)7-4-8-19-13-6-5-11(15)9-12(13)16/h5-6,9,18H,3-4,7-8H2,1-2H3. The number of nitrogens with zero attached hydrogens (tertiary/aromatic N) is 1. The molecule has 104 valence electrons. The quantitative estimate of drug-likeness (QED) is 0.612. The van der Waals surface area contributed by atoms with Crippen LogP contribution in [0.15, 0.2) is 23.1 Å². The van der Waals surface area contributed by atoms with Gasteiger partial charge in [0.25, 0.3) is 0 Å². The number of nitriles is 1. The van der Waals surface area contributed by atoms with Crippen LogP contribution < -0.4 is 5.32 Å². The smallest absolute Gasteiger partial charge is 0.139 e. The number of benzene rings is 1. The lowest BCUT2D eigenvalue weighted by atomic mass is 9.98. The van der Waals surface area contributed by atoms with Crippen molar-refractivity contribution < 1.29 is 8.78 Å². The Hall–Kier alpha value is -1.12. The van der Waals surface area contributed by atoms with Gasteiger partial charge in [-0.15, -0.1) is 11.8 Å². The average Bonchev–Trinajstić information content (AvgIpc) is 2.37. The molecule has 1 rings (SSSR count). The van der Waals surface area contributed by atoms with Gasteiger partial charge in [0.2, 0.25) is 0 Å². The lowest BCUT2D eigenvalue weighted by Gasteiger charge is -2.22. The molecule has 0 amide bonds. The van der Waals surface area contributed by atoms with E-state index in [2.05, 4.69) is 11.4 Å². The minimum Gasteiger partial charge on any atom is -0.300 e. The van der Waals surface area contributed by atoms with Crippen molar-refractivity contribution in [2.24, 2.45) is 0 Å². The summed E-state index contributed by atoms with van der Waals surface area (Å²) in [5, 5.41) is 12.2. The van der Waals surface area contributed by atoms with E-state index in [-0.39, 0.29) is 0 Å². The summed E-state index contributed by atoms with van der Waals surface area (Å²) < 4.78 is 26.1. The average molecular weight is 284 g/mol. The molecule has 0 radical (unpaired) electrons. The monoisotopic (exact) mass is 284 g/mol. The number of nitrogens with one attached hydrogen (secondary N) is 1. The second-order valence-electron chi connectivity index (χ2n) is 4.50. The summed E-state index contributed by atoms with van der Waals surface area (Å²) in [5.41, 5.74) is -0.531. The number of thioether (sulfide) groups is 1. The highest BCUT2D eigenvalue weighted by atomic mass is 32.2. The molecule has 0 bridgehead atoms. The lowest BCUT2D eigenvalue weighted by molar-refractivity contribution is 0.426. The van der Waals surface area contributed by atoms with Crippen LogP contribution in [-0.2, 0) is 0 Å². The molecule has 19 heavy (non-hydrogen) atoms. The maximum atomic E-state index is 13.4. The van der Waals surface area contributed by atoms with Gasteiger partial charge in [-0.2, -0.15) is 5.26 Å². The van der Waals surface area contributed by atoms with Crippen LogP contribution in [0.25, 0.3) is 0 Å². The first kappa shape index (κ1) is 15.9. The largest absolute Gasteiger partial charge is 0.300 e. The fourth-order valence-electron chi connectivity index (χ4n) is 1.77. The van der Waals surface area contributed by atoms with Gasteiger partial charge in [-0.05, 0) is 44.2 Å². The molecule has 5 heteroatoms. The van der Waals surface area contributed by atoms with Crippen LogP contribution in [0.1, 0.15) is 26.7 Å². The Kier molecular flexibility index (Phi) is 6.26. The van der Waals surface area contributed by atoms with Crippen molar-refractivity contribution in [1.82, 2.24) is 5.32 Å². The predicted octanol–water partition coefficient (Wildman–Crippen LogP) is 3.73. The van der Waals surface area contributed by atoms with E-state index in [1.54, 1.807) is 0 Å². The van der Waals surface area contributed by atoms with E-state index in [0.29, 0.717) is 17.1 Å². The third-order valence-electron chi connectivity index (χ3n) is 2.79. The van der Waals surface area contributed by atoms with Crippen LogP contribution in [0.5, 0.6) is 0 Å². The Bertz CT molecular complexity index is 459. The van der Waals surface area contributed by atoms with Crippen molar-refractivity contribution in [3.63, 3.8) is 0 Å². The van der Waals surface area contributed by atoms with Crippen LogP contribution in [0.2, 0.25) is 0 Å². The predicted molar refractivity (Wildman–Crippen MR) is 74.0 cm³/mol. The third kappa shape index (κ3) is 5.17. The fourth-order valence-corrected chi connectivity index (χ4v) is 2.64. The maximum Gasteiger partial charge on any atom is 0.139 e. The van der Waals surface area contributed by atoms with Gasteiger partial charge in [0.15, 0.2) is 0 Å². The normalized spacial score (nSPS) is 13.8. The molecule has 0 aliphatic carbocycles. The molecule has 2 nitrogen and oxygen atoms in total. The highest BCUT2D eigenvalue weighted by Gasteiger charge is 2.21. The van der Waals surface area contributed by atoms with Crippen LogP contribution in [0.4, 0.5) is 8.78 Å². The Labute approximate surface area is 117 Å². The van der Waals surface area contributed by atoms with Gasteiger partial charge in [-0.1, -0.05) is 6.92 Å². The molecule has 0 aliphatic heterocycles. The number of rotatable bonds is 7. The molecule has 0 aromatic heterocycles. The minimum absolute atomic E-state index is 0.448. The molecule has 0 saturated heterocycles. The van der Waals surface area contributed by atoms with E-state index in [1.807, 2.05) is 13.8 Å². The van der Waals surface area contributed by atoms with Gasteiger partial charge in [0, 0.05) is 11.0 Å². The van der Waals surface area contributed by atoms with E-state index in [1.165, 1.54) is 23.9 Å². The number of hydrogen-bond donors (Lipinski definition) is 1. The maximum absolute atomic E-state index is 13.4. The van der Waals surface area contributed by atoms with Crippen molar-refractivity contribution in [1.29, 1.82) is 5.26 Å². The Morgan fingerprint density at radius 1 is 1.42 bits per heavy atom. The molecule has 1 unspecified atom stereocenters. The molecular formula is C14H18F2N2S. The summed E-state index contributed by atoms with van der Waals surface area (Å²) in [6.07, 6.45) is 1.49. The summed E-state index contributed by atoms with van der Waals surface area (Å²) in [6.45, 7) is 4.56. The second kappa shape index (κ2) is 7.46. The topological polar surface area (TPSA) is 35.8 Å². The van der Waals surface area contributed by atoms with E-state index in [9.17, 15) is 8.78 Å². The van der Waals surface area contributed by atoms with Gasteiger partial charge in [0.1, 0.15) is 17.2 Å². The van der Waals surface area contributed by atoms with Gasteiger partial charge >= 0.3 is 0 Å². The molecule has 1 N–H and O–H groups in total. The Balaban J connectivity index is 2.41. The SMILES string of the molecule is CCNC(C)(C#N)CCCSc1ccc(F)cc1F. The molecule has 0 aliphatic rings. The van der Waals surface area contributed by atoms with Crippen molar-refractivity contribution in [3.8, 4) is 6.07 Å². The molecule has 1 aromatic carbocycles. The van der Waals surface area contributed by atoms with Crippen molar-refractivity contribution >= 4 is 11.8 Å². The first-order valence-corrected chi connectivity index (χ1v) is 7.23. The highest BCUT2D eigenvalue weighted by Crippen LogP contribution is 2.24. The summed E-state index contributed by atoms with van der Waals surface area (Å²) >= 11 is 1.35. The molecule has 1 aromatic rings. The third-order valence-corrected chi connectivity index (χ3v) is 3.92. The van der Waals surface area contributed by atoms with E-state index in [0.717, 1.165) is 19.0 Å². The first-order valence-electron chi connectivity index (χ1n) is 6.25. The number of hydrogen-bond acceptors (Lipinski definition) is 3. The van der Waals surface area contributed by atoms with Gasteiger partial charge in [0.05, 0.1) is 6.07 Å². The highest BCUT2D eigenvalue weighted by molar-refractivity contribution is 7.99. The minimum atomic E-state index is -0.564. The van der Waals surface area contributed by atoms with Crippen LogP contribution in [0, 0.1) is 23.0 Å². The summed E-state index contributed by atoms with van der Waals surface area (Å²) in [7, 11) is 0. The summed E-state index contributed by atoms with van der Waals surface area (Å²) in [5.74, 6) is -0.392. The Morgan fingerprint density at radius 3 is 2.74 bits per heavy atom. The lowest BCUT2D eigenvalue weighted by Crippen LogP contribution is -2.40. The molecule has 0 heterocycles. The van der Waals surface area contributed by atoms with Gasteiger partial charge in [-0.25, -0.2) is 8.78 Å². The molecule has 0 fully saturated rings. The van der Waals surface area contributed by atoms with Crippen molar-refractivity contribution in [3.05, 3.63) is 29.8 Å². The van der Waals surface area contributed by atoms with E-state index in [4.69, 9.17) is 5.26 Å². The Morgan fingerprint density at radius 2 is 2.16 bits per heavy atom. The van der Waals surface area contributed by atoms with Crippen molar-refractivity contribution in [2.45, 2.75) is 37.1 Å². The molecular weight excluding hydrogens is 266 g/mol. The summed E-state index contributed by atoms with van der Waals surface area (Å²) in [4.78, 5) is 0.448. The van der Waals surface area contributed by atoms with Crippen LogP contribution in [0.3, 0.4) is 0 Å². The van der Waals surface area contributed by atoms with Gasteiger partial charge < -0.3 is 0 Å². The van der Waals surface area contributed by atoms with Crippen LogP contribution >= 0.6 is 11.8 Å². The molecule has 0 saturated carbocycles. The van der Waals surface area contributed by atoms with E-state index >= 15 is 0 Å². The second-order valence-corrected chi connectivity index (χ2v) is 5.64. The van der Waals surface area contributed by atoms with E-state index < -0.39 is 17.2 Å². The summed E-state index contributed by atoms with van der Waals surface area (Å²) in [6, 6.07) is 5.84. The first-order chi connectivity index (χ1) is 9.00. The zero-order valence-corrected chi connectivity index (χ0v) is 12.0. The zero-order chi connectivity index (χ0) is 14.3. The van der Waals surface area contributed by atoms with Crippen molar-refractivity contribution in [2.75, 3.05) is 12.3 Å². The van der Waals surface area contributed by atoms with Gasteiger partial charge in [-0.3, -0.25) is 5.32 Å².